The summed E-state index contributed by atoms with van der Waals surface area (Å²) in [6.07, 6.45) is 7.72. The molecule has 0 aliphatic rings. The van der Waals surface area contributed by atoms with Crippen LogP contribution < -0.4 is 14.9 Å². The normalized spacial score (nSPS) is 10.4. The van der Waals surface area contributed by atoms with E-state index in [2.05, 4.69) is 16.4 Å². The van der Waals surface area contributed by atoms with E-state index in [4.69, 9.17) is 27.5 Å². The number of nitrogens with zero attached hydrogens (tertiary/aromatic N) is 1. The van der Waals surface area contributed by atoms with Gasteiger partial charge in [-0.2, -0.15) is 5.10 Å². The van der Waals surface area contributed by atoms with Crippen molar-refractivity contribution >= 4 is 23.7 Å². The maximum absolute atomic E-state index is 11.9. The van der Waals surface area contributed by atoms with Crippen LogP contribution in [0.25, 0.3) is 0 Å². The lowest BCUT2D eigenvalue weighted by Gasteiger charge is -2.12. The minimum atomic E-state index is -0.166. The quantitative estimate of drug-likeness (QED) is 0.406. The molecule has 0 saturated carbocycles. The van der Waals surface area contributed by atoms with Gasteiger partial charge in [0.2, 0.25) is 5.91 Å². The predicted octanol–water partition coefficient (Wildman–Crippen LogP) is 3.83. The molecular formula is C21H21ClN2O3. The van der Waals surface area contributed by atoms with E-state index in [0.717, 1.165) is 5.56 Å². The number of aryl methyl sites for hydroxylation is 1. The van der Waals surface area contributed by atoms with Crippen LogP contribution in [0, 0.1) is 12.3 Å². The highest BCUT2D eigenvalue weighted by Gasteiger charge is 2.12. The Bertz CT molecular complexity index is 829. The van der Waals surface area contributed by atoms with E-state index < -0.39 is 0 Å². The molecule has 0 saturated heterocycles. The Labute approximate surface area is 164 Å². The Morgan fingerprint density at radius 2 is 2.07 bits per heavy atom. The van der Waals surface area contributed by atoms with Gasteiger partial charge in [0.25, 0.3) is 0 Å². The summed E-state index contributed by atoms with van der Waals surface area (Å²) in [6, 6.07) is 13.2. The van der Waals surface area contributed by atoms with Gasteiger partial charge >= 0.3 is 0 Å². The molecule has 0 bridgehead atoms. The van der Waals surface area contributed by atoms with Gasteiger partial charge in [0.05, 0.1) is 17.8 Å². The fourth-order valence-corrected chi connectivity index (χ4v) is 2.59. The van der Waals surface area contributed by atoms with Gasteiger partial charge in [0.1, 0.15) is 6.61 Å². The number of hydrogen-bond acceptors (Lipinski definition) is 4. The number of carbonyl (C=O) groups excluding carboxylic acids is 1. The van der Waals surface area contributed by atoms with E-state index in [1.54, 1.807) is 12.1 Å². The summed E-state index contributed by atoms with van der Waals surface area (Å²) < 4.78 is 11.0. The van der Waals surface area contributed by atoms with Crippen LogP contribution in [-0.4, -0.2) is 25.3 Å². The third kappa shape index (κ3) is 6.69. The van der Waals surface area contributed by atoms with Crippen molar-refractivity contribution in [1.29, 1.82) is 0 Å². The molecule has 0 spiro atoms. The van der Waals surface area contributed by atoms with Crippen LogP contribution in [0.15, 0.2) is 47.6 Å². The molecule has 2 aromatic carbocycles. The van der Waals surface area contributed by atoms with E-state index >= 15 is 0 Å². The van der Waals surface area contributed by atoms with Gasteiger partial charge in [0, 0.05) is 6.42 Å². The minimum absolute atomic E-state index is 0.0880. The Balaban J connectivity index is 1.97. The van der Waals surface area contributed by atoms with Gasteiger partial charge in [-0.3, -0.25) is 4.79 Å². The molecule has 2 rings (SSSR count). The SMILES string of the molecule is C#CCOc1c(Cl)cc(/C=N\NC(=O)CCc2ccccc2)cc1OCC. The number of nitrogens with one attached hydrogen (secondary N) is 1. The lowest BCUT2D eigenvalue weighted by atomic mass is 10.1. The molecule has 27 heavy (non-hydrogen) atoms. The van der Waals surface area contributed by atoms with Crippen molar-refractivity contribution in [2.45, 2.75) is 19.8 Å². The first-order valence-corrected chi connectivity index (χ1v) is 8.90. The van der Waals surface area contributed by atoms with Crippen molar-refractivity contribution < 1.29 is 14.3 Å². The molecule has 0 radical (unpaired) electrons. The number of hydrazone groups is 1. The first-order chi connectivity index (χ1) is 13.1. The molecule has 0 aliphatic heterocycles. The predicted molar refractivity (Wildman–Crippen MR) is 107 cm³/mol. The first-order valence-electron chi connectivity index (χ1n) is 8.52. The Morgan fingerprint density at radius 1 is 1.30 bits per heavy atom. The molecule has 0 atom stereocenters. The van der Waals surface area contributed by atoms with Crippen LogP contribution in [0.4, 0.5) is 0 Å². The zero-order chi connectivity index (χ0) is 19.5. The molecule has 0 aliphatic carbocycles. The third-order valence-electron chi connectivity index (χ3n) is 3.52. The fourth-order valence-electron chi connectivity index (χ4n) is 2.32. The monoisotopic (exact) mass is 384 g/mol. The molecule has 0 unspecified atom stereocenters. The number of ether oxygens (including phenoxy) is 2. The number of benzene rings is 2. The minimum Gasteiger partial charge on any atom is -0.490 e. The second kappa shape index (κ2) is 10.9. The number of amides is 1. The van der Waals surface area contributed by atoms with E-state index in [1.807, 2.05) is 37.3 Å². The van der Waals surface area contributed by atoms with E-state index in [1.165, 1.54) is 6.21 Å². The van der Waals surface area contributed by atoms with Crippen molar-refractivity contribution in [3.8, 4) is 23.8 Å². The molecule has 1 N–H and O–H groups in total. The number of rotatable bonds is 9. The van der Waals surface area contributed by atoms with Gasteiger partial charge in [0.15, 0.2) is 11.5 Å². The maximum Gasteiger partial charge on any atom is 0.240 e. The molecule has 6 heteroatoms. The van der Waals surface area contributed by atoms with Crippen LogP contribution in [0.3, 0.4) is 0 Å². The topological polar surface area (TPSA) is 59.9 Å². The lowest BCUT2D eigenvalue weighted by Crippen LogP contribution is -2.17. The highest BCUT2D eigenvalue weighted by molar-refractivity contribution is 6.32. The van der Waals surface area contributed by atoms with Gasteiger partial charge in [-0.15, -0.1) is 6.42 Å². The standard InChI is InChI=1S/C21H21ClN2O3/c1-3-12-27-21-18(22)13-17(14-19(21)26-4-2)15-23-24-20(25)11-10-16-8-6-5-7-9-16/h1,5-9,13-15H,4,10-12H2,2H3,(H,24,25)/b23-15-. The van der Waals surface area contributed by atoms with Crippen molar-refractivity contribution in [3.05, 3.63) is 58.6 Å². The van der Waals surface area contributed by atoms with E-state index in [-0.39, 0.29) is 12.5 Å². The Morgan fingerprint density at radius 3 is 2.78 bits per heavy atom. The summed E-state index contributed by atoms with van der Waals surface area (Å²) in [5.74, 6) is 3.08. The molecule has 1 amide bonds. The summed E-state index contributed by atoms with van der Waals surface area (Å²) in [4.78, 5) is 11.9. The highest BCUT2D eigenvalue weighted by atomic mass is 35.5. The Kier molecular flexibility index (Phi) is 8.21. The molecule has 2 aromatic rings. The van der Waals surface area contributed by atoms with Crippen molar-refractivity contribution in [2.24, 2.45) is 5.10 Å². The van der Waals surface area contributed by atoms with Crippen LogP contribution >= 0.6 is 11.6 Å². The summed E-state index contributed by atoms with van der Waals surface area (Å²) in [6.45, 7) is 2.39. The van der Waals surface area contributed by atoms with Gasteiger partial charge in [-0.25, -0.2) is 5.43 Å². The smallest absolute Gasteiger partial charge is 0.240 e. The zero-order valence-electron chi connectivity index (χ0n) is 15.1. The van der Waals surface area contributed by atoms with Crippen LogP contribution in [0.2, 0.25) is 5.02 Å². The highest BCUT2D eigenvalue weighted by Crippen LogP contribution is 2.36. The van der Waals surface area contributed by atoms with Gasteiger partial charge in [-0.05, 0) is 36.6 Å². The molecule has 0 fully saturated rings. The number of hydrogen-bond donors (Lipinski definition) is 1. The molecular weight excluding hydrogens is 364 g/mol. The van der Waals surface area contributed by atoms with E-state index in [9.17, 15) is 4.79 Å². The molecule has 140 valence electrons. The van der Waals surface area contributed by atoms with Crippen molar-refractivity contribution in [3.63, 3.8) is 0 Å². The molecule has 5 nitrogen and oxygen atoms in total. The molecule has 0 aromatic heterocycles. The van der Waals surface area contributed by atoms with Crippen LogP contribution in [0.5, 0.6) is 11.5 Å². The number of carbonyl (C=O) groups is 1. The number of halogens is 1. The van der Waals surface area contributed by atoms with Crippen LogP contribution in [-0.2, 0) is 11.2 Å². The fraction of sp³-hybridized carbons (Fsp3) is 0.238. The largest absolute Gasteiger partial charge is 0.490 e. The van der Waals surface area contributed by atoms with E-state index in [0.29, 0.717) is 41.5 Å². The van der Waals surface area contributed by atoms with Gasteiger partial charge in [-0.1, -0.05) is 47.9 Å². The van der Waals surface area contributed by atoms with Crippen molar-refractivity contribution in [2.75, 3.05) is 13.2 Å². The summed E-state index contributed by atoms with van der Waals surface area (Å²) >= 11 is 6.24. The van der Waals surface area contributed by atoms with Crippen molar-refractivity contribution in [1.82, 2.24) is 5.43 Å². The first kappa shape index (κ1) is 20.3. The zero-order valence-corrected chi connectivity index (χ0v) is 15.8. The second-order valence-corrected chi connectivity index (χ2v) is 5.94. The number of terminal acetylenes is 1. The summed E-state index contributed by atoms with van der Waals surface area (Å²) in [7, 11) is 0. The average Bonchev–Trinajstić information content (AvgIpc) is 2.67. The second-order valence-electron chi connectivity index (χ2n) is 5.53. The van der Waals surface area contributed by atoms with Gasteiger partial charge < -0.3 is 9.47 Å². The summed E-state index contributed by atoms with van der Waals surface area (Å²) in [5.41, 5.74) is 4.28. The lowest BCUT2D eigenvalue weighted by molar-refractivity contribution is -0.121. The average molecular weight is 385 g/mol. The summed E-state index contributed by atoms with van der Waals surface area (Å²) in [5, 5.41) is 4.33. The maximum atomic E-state index is 11.9. The third-order valence-corrected chi connectivity index (χ3v) is 3.80. The molecule has 0 heterocycles. The van der Waals surface area contributed by atoms with Crippen LogP contribution in [0.1, 0.15) is 24.5 Å². The Hall–Kier alpha value is -2.97.